The highest BCUT2D eigenvalue weighted by molar-refractivity contribution is 5.73. The van der Waals surface area contributed by atoms with Gasteiger partial charge in [0.1, 0.15) is 67.1 Å². The molecule has 15 atom stereocenters. The van der Waals surface area contributed by atoms with Gasteiger partial charge in [-0.15, -0.1) is 0 Å². The Morgan fingerprint density at radius 1 is 0.600 bits per heavy atom. The minimum Gasteiger partial charge on any atom is -0.479 e. The minimum absolute atomic E-state index is 0.816. The van der Waals surface area contributed by atoms with Crippen molar-refractivity contribution in [1.82, 2.24) is 0 Å². The van der Waals surface area contributed by atoms with E-state index in [1.165, 1.54) is 0 Å². The molecule has 3 aliphatic heterocycles. The maximum Gasteiger partial charge on any atom is 0.335 e. The average molecular weight is 518 g/mol. The molecule has 3 heterocycles. The van der Waals surface area contributed by atoms with E-state index in [4.69, 9.17) is 23.7 Å². The van der Waals surface area contributed by atoms with Gasteiger partial charge >= 0.3 is 5.97 Å². The maximum absolute atomic E-state index is 11.6. The molecule has 11 N–H and O–H groups in total. The number of ether oxygens (including phenoxy) is 5. The van der Waals surface area contributed by atoms with Gasteiger partial charge in [0.15, 0.2) is 25.0 Å². The molecule has 0 radical (unpaired) electrons. The van der Waals surface area contributed by atoms with Crippen molar-refractivity contribution in [2.75, 3.05) is 13.2 Å². The smallest absolute Gasteiger partial charge is 0.335 e. The van der Waals surface area contributed by atoms with E-state index in [0.29, 0.717) is 0 Å². The number of carboxylic acids is 1. The van der Waals surface area contributed by atoms with Crippen LogP contribution in [0.1, 0.15) is 0 Å². The number of aliphatic hydroxyl groups excluding tert-OH is 10. The van der Waals surface area contributed by atoms with Gasteiger partial charge in [0.25, 0.3) is 0 Å². The SMILES string of the molecule is O=C(O)[C@H]1O[C@@H](O[C@H]2[C@H](O)[C@@H](O)[C@H](O)O[C@@H]2CO)[C@H](O)[C@@H](O[C@@H]2O[C@H](CO)[C@@H](O)[C@H](O)[C@H]2O)[C@@H]1O. The molecular formula is C18H30O17. The first-order chi connectivity index (χ1) is 16.4. The van der Waals surface area contributed by atoms with E-state index < -0.39 is 111 Å². The topological polar surface area (TPSA) is 286 Å². The highest BCUT2D eigenvalue weighted by atomic mass is 16.7. The second-order valence-corrected chi connectivity index (χ2v) is 8.37. The molecule has 35 heavy (non-hydrogen) atoms. The maximum atomic E-state index is 11.6. The fourth-order valence-electron chi connectivity index (χ4n) is 4.04. The van der Waals surface area contributed by atoms with Gasteiger partial charge in [-0.3, -0.25) is 0 Å². The second-order valence-electron chi connectivity index (χ2n) is 8.37. The number of aliphatic hydroxyl groups is 10. The highest BCUT2D eigenvalue weighted by Crippen LogP contribution is 2.32. The molecule has 0 amide bonds. The van der Waals surface area contributed by atoms with E-state index >= 15 is 0 Å². The molecule has 0 aliphatic carbocycles. The van der Waals surface area contributed by atoms with Crippen molar-refractivity contribution in [3.8, 4) is 0 Å². The zero-order chi connectivity index (χ0) is 26.2. The summed E-state index contributed by atoms with van der Waals surface area (Å²) in [6.45, 7) is -1.66. The summed E-state index contributed by atoms with van der Waals surface area (Å²) in [5, 5.41) is 109. The monoisotopic (exact) mass is 518 g/mol. The van der Waals surface area contributed by atoms with Gasteiger partial charge < -0.3 is 79.9 Å². The van der Waals surface area contributed by atoms with Gasteiger partial charge in [-0.05, 0) is 0 Å². The number of hydrogen-bond acceptors (Lipinski definition) is 16. The number of rotatable bonds is 7. The van der Waals surface area contributed by atoms with E-state index in [0.717, 1.165) is 0 Å². The Balaban J connectivity index is 1.82. The summed E-state index contributed by atoms with van der Waals surface area (Å²) in [6, 6.07) is 0. The van der Waals surface area contributed by atoms with E-state index in [9.17, 15) is 61.0 Å². The second kappa shape index (κ2) is 11.5. The molecule has 3 fully saturated rings. The van der Waals surface area contributed by atoms with Crippen LogP contribution >= 0.6 is 0 Å². The lowest BCUT2D eigenvalue weighted by atomic mass is 9.96. The lowest BCUT2D eigenvalue weighted by Gasteiger charge is -2.47. The van der Waals surface area contributed by atoms with Crippen molar-refractivity contribution < 1.29 is 84.7 Å². The summed E-state index contributed by atoms with van der Waals surface area (Å²) >= 11 is 0. The van der Waals surface area contributed by atoms with Crippen LogP contribution in [0, 0.1) is 0 Å². The van der Waals surface area contributed by atoms with Gasteiger partial charge in [0.2, 0.25) is 0 Å². The van der Waals surface area contributed by atoms with Crippen molar-refractivity contribution in [2.45, 2.75) is 92.1 Å². The molecule has 3 rings (SSSR count). The molecule has 0 aromatic heterocycles. The zero-order valence-corrected chi connectivity index (χ0v) is 17.9. The third kappa shape index (κ3) is 5.59. The highest BCUT2D eigenvalue weighted by Gasteiger charge is 2.54. The summed E-state index contributed by atoms with van der Waals surface area (Å²) in [7, 11) is 0. The summed E-state index contributed by atoms with van der Waals surface area (Å²) in [4.78, 5) is 11.6. The fraction of sp³-hybridized carbons (Fsp3) is 0.944. The number of carboxylic acid groups (broad SMARTS) is 1. The number of hydrogen-bond donors (Lipinski definition) is 11. The van der Waals surface area contributed by atoms with Crippen molar-refractivity contribution in [1.29, 1.82) is 0 Å². The molecule has 3 aliphatic rings. The van der Waals surface area contributed by atoms with Crippen molar-refractivity contribution >= 4 is 5.97 Å². The van der Waals surface area contributed by atoms with Gasteiger partial charge in [0, 0.05) is 0 Å². The summed E-state index contributed by atoms with van der Waals surface area (Å²) < 4.78 is 25.8. The van der Waals surface area contributed by atoms with Crippen LogP contribution in [0.2, 0.25) is 0 Å². The number of aliphatic carboxylic acids is 1. The Morgan fingerprint density at radius 2 is 1.17 bits per heavy atom. The Hall–Kier alpha value is -1.13. The first kappa shape index (κ1) is 28.4. The first-order valence-corrected chi connectivity index (χ1v) is 10.6. The average Bonchev–Trinajstić information content (AvgIpc) is 2.82. The predicted octanol–water partition coefficient (Wildman–Crippen LogP) is -7.48. The van der Waals surface area contributed by atoms with Crippen LogP contribution in [0.25, 0.3) is 0 Å². The Morgan fingerprint density at radius 3 is 1.74 bits per heavy atom. The molecule has 0 spiro atoms. The van der Waals surface area contributed by atoms with Crippen molar-refractivity contribution in [3.05, 3.63) is 0 Å². The summed E-state index contributed by atoms with van der Waals surface area (Å²) in [6.07, 6.45) is -27.9. The third-order valence-electron chi connectivity index (χ3n) is 6.06. The lowest BCUT2D eigenvalue weighted by molar-refractivity contribution is -0.375. The van der Waals surface area contributed by atoms with Crippen molar-refractivity contribution in [2.24, 2.45) is 0 Å². The first-order valence-electron chi connectivity index (χ1n) is 10.6. The van der Waals surface area contributed by atoms with E-state index in [1.54, 1.807) is 0 Å². The number of carbonyl (C=O) groups is 1. The van der Waals surface area contributed by atoms with Crippen LogP contribution in [0.4, 0.5) is 0 Å². The molecule has 3 saturated heterocycles. The molecule has 17 nitrogen and oxygen atoms in total. The molecule has 0 saturated carbocycles. The van der Waals surface area contributed by atoms with Crippen LogP contribution in [0.3, 0.4) is 0 Å². The van der Waals surface area contributed by atoms with E-state index in [1.807, 2.05) is 0 Å². The van der Waals surface area contributed by atoms with Crippen molar-refractivity contribution in [3.63, 3.8) is 0 Å². The standard InChI is InChI=1S/C18H30O17/c19-1-3-5(21)6(22)9(25)17(32-3)34-13-10(26)14(15(28)29)35-18(11(13)27)33-12-4(2-20)31-16(30)8(24)7(12)23/h3-14,16-27,30H,1-2H2,(H,28,29)/t3-,4-,5-,6+,7-,8-,9-,10+,11-,12-,13+,14+,16-,17+,18-/m1/s1. The molecule has 0 aromatic rings. The van der Waals surface area contributed by atoms with E-state index in [-0.39, 0.29) is 0 Å². The molecule has 0 aromatic carbocycles. The van der Waals surface area contributed by atoms with E-state index in [2.05, 4.69) is 0 Å². The Labute approximate surface area is 196 Å². The van der Waals surface area contributed by atoms with Crippen LogP contribution < -0.4 is 0 Å². The van der Waals surface area contributed by atoms with Crippen LogP contribution in [-0.2, 0) is 28.5 Å². The molecular weight excluding hydrogens is 488 g/mol. The Kier molecular flexibility index (Phi) is 9.35. The quantitative estimate of drug-likeness (QED) is 0.149. The van der Waals surface area contributed by atoms with Crippen LogP contribution in [-0.4, -0.2) is 167 Å². The van der Waals surface area contributed by atoms with Gasteiger partial charge in [-0.25, -0.2) is 4.79 Å². The molecule has 0 unspecified atom stereocenters. The third-order valence-corrected chi connectivity index (χ3v) is 6.06. The largest absolute Gasteiger partial charge is 0.479 e. The lowest BCUT2D eigenvalue weighted by Crippen LogP contribution is -2.67. The minimum atomic E-state index is -2.11. The predicted molar refractivity (Wildman–Crippen MR) is 102 cm³/mol. The fourth-order valence-corrected chi connectivity index (χ4v) is 4.04. The normalized spacial score (nSPS) is 51.2. The Bertz CT molecular complexity index is 707. The molecule has 17 heteroatoms. The van der Waals surface area contributed by atoms with Gasteiger partial charge in [-0.1, -0.05) is 0 Å². The molecule has 204 valence electrons. The van der Waals surface area contributed by atoms with Gasteiger partial charge in [0.05, 0.1) is 13.2 Å². The zero-order valence-electron chi connectivity index (χ0n) is 17.9. The van der Waals surface area contributed by atoms with Gasteiger partial charge in [-0.2, -0.15) is 0 Å². The van der Waals surface area contributed by atoms with Crippen LogP contribution in [0.15, 0.2) is 0 Å². The summed E-state index contributed by atoms with van der Waals surface area (Å²) in [5.41, 5.74) is 0. The molecule has 0 bridgehead atoms. The summed E-state index contributed by atoms with van der Waals surface area (Å²) in [5.74, 6) is -1.74. The van der Waals surface area contributed by atoms with Crippen LogP contribution in [0.5, 0.6) is 0 Å².